The Hall–Kier alpha value is -3.63. The maximum Gasteiger partial charge on any atom is 0.419 e. The molecule has 1 unspecified atom stereocenters. The van der Waals surface area contributed by atoms with Crippen LogP contribution in [-0.4, -0.2) is 50.0 Å². The van der Waals surface area contributed by atoms with Gasteiger partial charge in [0.05, 0.1) is 11.8 Å². The second kappa shape index (κ2) is 9.70. The maximum atomic E-state index is 13.2. The third kappa shape index (κ3) is 5.13. The number of aromatic nitrogens is 4. The summed E-state index contributed by atoms with van der Waals surface area (Å²) < 4.78 is 46.7. The standard InChI is InChI=1S/C23H24F3N5O3/c1-2-19(21(32)33)31-14-16(13-29-31)15-11-27-22(28-12-15)30-9-7-17(8-10-30)34-20-6-4-3-5-18(20)23(24,25)26/h3-6,11-14,17,19H,2,7-10H2,1H3,(H,32,33). The minimum Gasteiger partial charge on any atom is -0.490 e. The fourth-order valence-electron chi connectivity index (χ4n) is 3.92. The Morgan fingerprint density at radius 1 is 1.15 bits per heavy atom. The highest BCUT2D eigenvalue weighted by Gasteiger charge is 2.35. The molecule has 1 aliphatic rings. The molecule has 34 heavy (non-hydrogen) atoms. The van der Waals surface area contributed by atoms with E-state index in [1.54, 1.807) is 31.7 Å². The van der Waals surface area contributed by atoms with Crippen LogP contribution in [0.3, 0.4) is 0 Å². The lowest BCUT2D eigenvalue weighted by molar-refractivity contribution is -0.141. The predicted molar refractivity (Wildman–Crippen MR) is 118 cm³/mol. The number of nitrogens with zero attached hydrogens (tertiary/aromatic N) is 5. The van der Waals surface area contributed by atoms with Crippen molar-refractivity contribution >= 4 is 11.9 Å². The number of piperidine rings is 1. The number of anilines is 1. The Morgan fingerprint density at radius 3 is 2.44 bits per heavy atom. The summed E-state index contributed by atoms with van der Waals surface area (Å²) in [5.41, 5.74) is 0.646. The minimum atomic E-state index is -4.46. The molecule has 11 heteroatoms. The first-order chi connectivity index (χ1) is 16.3. The van der Waals surface area contributed by atoms with Crippen LogP contribution < -0.4 is 9.64 Å². The number of aliphatic carboxylic acids is 1. The molecule has 1 atom stereocenters. The first kappa shape index (κ1) is 23.5. The van der Waals surface area contributed by atoms with Crippen LogP contribution in [0.1, 0.15) is 37.8 Å². The van der Waals surface area contributed by atoms with E-state index in [1.807, 2.05) is 4.90 Å². The zero-order chi connectivity index (χ0) is 24.3. The van der Waals surface area contributed by atoms with Crippen molar-refractivity contribution in [1.82, 2.24) is 19.7 Å². The normalized spacial score (nSPS) is 15.8. The number of hydrogen-bond acceptors (Lipinski definition) is 6. The number of carbonyl (C=O) groups is 1. The SMILES string of the molecule is CCC(C(=O)O)n1cc(-c2cnc(N3CCC(Oc4ccccc4C(F)(F)F)CC3)nc2)cn1. The van der Waals surface area contributed by atoms with Crippen molar-refractivity contribution in [3.8, 4) is 16.9 Å². The summed E-state index contributed by atoms with van der Waals surface area (Å²) in [5, 5.41) is 13.4. The van der Waals surface area contributed by atoms with Crippen molar-refractivity contribution in [3.05, 3.63) is 54.6 Å². The molecule has 2 aromatic heterocycles. The molecule has 4 rings (SSSR count). The summed E-state index contributed by atoms with van der Waals surface area (Å²) in [6.07, 6.45) is 3.22. The van der Waals surface area contributed by atoms with Gasteiger partial charge in [-0.05, 0) is 18.6 Å². The second-order valence-electron chi connectivity index (χ2n) is 8.04. The highest BCUT2D eigenvalue weighted by atomic mass is 19.4. The van der Waals surface area contributed by atoms with Crippen LogP contribution in [0.4, 0.5) is 19.1 Å². The van der Waals surface area contributed by atoms with Gasteiger partial charge >= 0.3 is 12.1 Å². The molecule has 3 heterocycles. The van der Waals surface area contributed by atoms with Gasteiger partial charge in [0.1, 0.15) is 17.9 Å². The van der Waals surface area contributed by atoms with E-state index in [0.717, 1.165) is 6.07 Å². The molecule has 180 valence electrons. The van der Waals surface area contributed by atoms with Crippen LogP contribution in [0.15, 0.2) is 49.1 Å². The third-order valence-corrected chi connectivity index (χ3v) is 5.78. The molecule has 0 saturated carbocycles. The largest absolute Gasteiger partial charge is 0.490 e. The van der Waals surface area contributed by atoms with Gasteiger partial charge in [0.2, 0.25) is 5.95 Å². The fourth-order valence-corrected chi connectivity index (χ4v) is 3.92. The van der Waals surface area contributed by atoms with Crippen LogP contribution in [0.2, 0.25) is 0 Å². The quantitative estimate of drug-likeness (QED) is 0.540. The zero-order valence-corrected chi connectivity index (χ0v) is 18.4. The van der Waals surface area contributed by atoms with Gasteiger partial charge in [-0.3, -0.25) is 4.68 Å². The summed E-state index contributed by atoms with van der Waals surface area (Å²) >= 11 is 0. The zero-order valence-electron chi connectivity index (χ0n) is 18.4. The lowest BCUT2D eigenvalue weighted by Crippen LogP contribution is -2.39. The lowest BCUT2D eigenvalue weighted by Gasteiger charge is -2.32. The van der Waals surface area contributed by atoms with E-state index in [4.69, 9.17) is 4.74 Å². The molecule has 1 N–H and O–H groups in total. The van der Waals surface area contributed by atoms with Gasteiger partial charge in [-0.25, -0.2) is 14.8 Å². The summed E-state index contributed by atoms with van der Waals surface area (Å²) in [6, 6.07) is 4.51. The highest BCUT2D eigenvalue weighted by molar-refractivity contribution is 5.72. The van der Waals surface area contributed by atoms with Crippen molar-refractivity contribution in [2.24, 2.45) is 0 Å². The lowest BCUT2D eigenvalue weighted by atomic mass is 10.1. The first-order valence-corrected chi connectivity index (χ1v) is 10.9. The number of hydrogen-bond donors (Lipinski definition) is 1. The van der Waals surface area contributed by atoms with Gasteiger partial charge in [-0.1, -0.05) is 19.1 Å². The smallest absolute Gasteiger partial charge is 0.419 e. The van der Waals surface area contributed by atoms with E-state index >= 15 is 0 Å². The number of ether oxygens (including phenoxy) is 1. The van der Waals surface area contributed by atoms with Gasteiger partial charge < -0.3 is 14.7 Å². The van der Waals surface area contributed by atoms with Gasteiger partial charge in [0, 0.05) is 55.6 Å². The molecule has 3 aromatic rings. The Labute approximate surface area is 194 Å². The van der Waals surface area contributed by atoms with Crippen molar-refractivity contribution in [2.45, 2.75) is 44.5 Å². The van der Waals surface area contributed by atoms with Crippen LogP contribution in [0.5, 0.6) is 5.75 Å². The number of carboxylic acid groups (broad SMARTS) is 1. The van der Waals surface area contributed by atoms with Crippen molar-refractivity contribution in [3.63, 3.8) is 0 Å². The molecule has 0 aliphatic carbocycles. The number of halogens is 3. The summed E-state index contributed by atoms with van der Waals surface area (Å²) in [4.78, 5) is 22.1. The van der Waals surface area contributed by atoms with Gasteiger partial charge in [-0.15, -0.1) is 0 Å². The number of rotatable bonds is 7. The van der Waals surface area contributed by atoms with Gasteiger partial charge in [-0.2, -0.15) is 18.3 Å². The average Bonchev–Trinajstić information content (AvgIpc) is 3.29. The second-order valence-corrected chi connectivity index (χ2v) is 8.04. The number of carboxylic acids is 1. The maximum absolute atomic E-state index is 13.2. The van der Waals surface area contributed by atoms with Crippen LogP contribution >= 0.6 is 0 Å². The summed E-state index contributed by atoms with van der Waals surface area (Å²) in [6.45, 7) is 2.88. The molecule has 0 spiro atoms. The number of alkyl halides is 3. The van der Waals surface area contributed by atoms with Gasteiger partial charge in [0.25, 0.3) is 0 Å². The topological polar surface area (TPSA) is 93.4 Å². The molecule has 0 amide bonds. The number of benzene rings is 1. The van der Waals surface area contributed by atoms with E-state index in [2.05, 4.69) is 15.1 Å². The van der Waals surface area contributed by atoms with E-state index in [-0.39, 0.29) is 11.9 Å². The van der Waals surface area contributed by atoms with Crippen LogP contribution in [0, 0.1) is 0 Å². The van der Waals surface area contributed by atoms with Crippen molar-refractivity contribution in [1.29, 1.82) is 0 Å². The molecule has 8 nitrogen and oxygen atoms in total. The van der Waals surface area contributed by atoms with Crippen LogP contribution in [-0.2, 0) is 11.0 Å². The Bertz CT molecular complexity index is 1130. The molecule has 1 aromatic carbocycles. The first-order valence-electron chi connectivity index (χ1n) is 10.9. The molecular formula is C23H24F3N5O3. The third-order valence-electron chi connectivity index (χ3n) is 5.78. The minimum absolute atomic E-state index is 0.150. The average molecular weight is 475 g/mol. The van der Waals surface area contributed by atoms with Crippen molar-refractivity contribution in [2.75, 3.05) is 18.0 Å². The number of para-hydroxylation sites is 1. The fraction of sp³-hybridized carbons (Fsp3) is 0.391. The van der Waals surface area contributed by atoms with Gasteiger partial charge in [0.15, 0.2) is 0 Å². The molecular weight excluding hydrogens is 451 g/mol. The Kier molecular flexibility index (Phi) is 6.71. The molecule has 0 bridgehead atoms. The van der Waals surface area contributed by atoms with E-state index < -0.39 is 23.8 Å². The monoisotopic (exact) mass is 475 g/mol. The Balaban J connectivity index is 1.37. The van der Waals surface area contributed by atoms with Crippen molar-refractivity contribution < 1.29 is 27.8 Å². The molecule has 0 radical (unpaired) electrons. The molecule has 1 fully saturated rings. The predicted octanol–water partition coefficient (Wildman–Crippen LogP) is 4.44. The van der Waals surface area contributed by atoms with E-state index in [9.17, 15) is 23.1 Å². The molecule has 1 aliphatic heterocycles. The Morgan fingerprint density at radius 2 is 1.82 bits per heavy atom. The van der Waals surface area contributed by atoms with Crippen LogP contribution in [0.25, 0.3) is 11.1 Å². The summed E-state index contributed by atoms with van der Waals surface area (Å²) in [5.74, 6) is -0.580. The van der Waals surface area contributed by atoms with E-state index in [1.165, 1.54) is 22.9 Å². The highest BCUT2D eigenvalue weighted by Crippen LogP contribution is 2.37. The summed E-state index contributed by atoms with van der Waals surface area (Å²) in [7, 11) is 0. The molecule has 1 saturated heterocycles. The van der Waals surface area contributed by atoms with E-state index in [0.29, 0.717) is 49.4 Å².